The fraction of sp³-hybridized carbons (Fsp3) is 0.120. The van der Waals surface area contributed by atoms with Gasteiger partial charge in [-0.1, -0.05) is 18.7 Å². The first kappa shape index (κ1) is 24.2. The predicted molar refractivity (Wildman–Crippen MR) is 137 cm³/mol. The molecule has 0 spiro atoms. The van der Waals surface area contributed by atoms with Gasteiger partial charge in [0.25, 0.3) is 5.95 Å². The van der Waals surface area contributed by atoms with E-state index in [-0.39, 0.29) is 24.2 Å². The number of nitrogen functional groups attached to an aromatic ring is 1. The average molecular weight is 489 g/mol. The number of alkyl halides is 1. The molecule has 0 aliphatic carbocycles. The van der Waals surface area contributed by atoms with Crippen LogP contribution in [0, 0.1) is 5.41 Å². The van der Waals surface area contributed by atoms with Crippen molar-refractivity contribution in [1.29, 1.82) is 5.41 Å². The van der Waals surface area contributed by atoms with Crippen molar-refractivity contribution in [1.82, 2.24) is 15.4 Å². The molecule has 1 unspecified atom stereocenters. The Balaban J connectivity index is 1.74. The largest absolute Gasteiger partial charge is 0.512 e. The van der Waals surface area contributed by atoms with E-state index in [1.165, 1.54) is 5.01 Å². The molecule has 36 heavy (non-hydrogen) atoms. The second-order valence-corrected chi connectivity index (χ2v) is 7.69. The normalized spacial score (nSPS) is 14.6. The summed E-state index contributed by atoms with van der Waals surface area (Å²) in [4.78, 5) is 12.9. The number of hydrogen-bond donors (Lipinski definition) is 5. The summed E-state index contributed by atoms with van der Waals surface area (Å²) in [5.74, 6) is 1.26. The molecule has 0 bridgehead atoms. The van der Waals surface area contributed by atoms with Gasteiger partial charge < -0.3 is 20.9 Å². The summed E-state index contributed by atoms with van der Waals surface area (Å²) in [7, 11) is 0. The zero-order chi connectivity index (χ0) is 25.5. The molecule has 0 saturated carbocycles. The van der Waals surface area contributed by atoms with Gasteiger partial charge in [0.2, 0.25) is 0 Å². The fourth-order valence-corrected chi connectivity index (χ4v) is 3.54. The molecule has 0 saturated heterocycles. The van der Waals surface area contributed by atoms with E-state index in [9.17, 15) is 9.50 Å². The highest BCUT2D eigenvalue weighted by molar-refractivity contribution is 5.96. The van der Waals surface area contributed by atoms with Crippen molar-refractivity contribution < 1.29 is 14.2 Å². The summed E-state index contributed by atoms with van der Waals surface area (Å²) in [5, 5.41) is 22.2. The van der Waals surface area contributed by atoms with Crippen LogP contribution in [0.3, 0.4) is 0 Å². The van der Waals surface area contributed by atoms with E-state index in [0.29, 0.717) is 34.0 Å². The zero-order valence-electron chi connectivity index (χ0n) is 19.2. The third-order valence-electron chi connectivity index (χ3n) is 5.18. The topological polar surface area (TPSA) is 145 Å². The van der Waals surface area contributed by atoms with Gasteiger partial charge in [-0.3, -0.25) is 10.8 Å². The van der Waals surface area contributed by atoms with E-state index in [1.807, 2.05) is 0 Å². The lowest BCUT2D eigenvalue weighted by Gasteiger charge is -2.24. The Morgan fingerprint density at radius 2 is 2.00 bits per heavy atom. The minimum Gasteiger partial charge on any atom is -0.512 e. The van der Waals surface area contributed by atoms with Gasteiger partial charge in [-0.25, -0.2) is 19.4 Å². The van der Waals surface area contributed by atoms with Crippen molar-refractivity contribution in [2.75, 3.05) is 16.9 Å². The van der Waals surface area contributed by atoms with Crippen molar-refractivity contribution in [2.45, 2.75) is 12.7 Å². The summed E-state index contributed by atoms with van der Waals surface area (Å²) in [6.07, 6.45) is 5.58. The van der Waals surface area contributed by atoms with E-state index in [1.54, 1.807) is 67.0 Å². The number of hydrogen-bond acceptors (Lipinski definition) is 9. The van der Waals surface area contributed by atoms with Crippen molar-refractivity contribution in [2.24, 2.45) is 10.7 Å². The van der Waals surface area contributed by atoms with Gasteiger partial charge in [0.15, 0.2) is 11.7 Å². The van der Waals surface area contributed by atoms with Crippen LogP contribution >= 0.6 is 0 Å². The number of ether oxygens (including phenoxy) is 1. The highest BCUT2D eigenvalue weighted by Gasteiger charge is 2.30. The molecule has 0 amide bonds. The maximum Gasteiger partial charge on any atom is 0.250 e. The highest BCUT2D eigenvalue weighted by atomic mass is 19.1. The maximum atomic E-state index is 13.8. The minimum absolute atomic E-state index is 0.0455. The number of amidine groups is 2. The number of benzene rings is 2. The van der Waals surface area contributed by atoms with Crippen LogP contribution in [0.25, 0.3) is 0 Å². The Bertz CT molecular complexity index is 1300. The van der Waals surface area contributed by atoms with Crippen molar-refractivity contribution >= 4 is 23.3 Å². The van der Waals surface area contributed by atoms with Crippen LogP contribution in [-0.4, -0.2) is 33.4 Å². The van der Waals surface area contributed by atoms with Crippen LogP contribution in [0.2, 0.25) is 0 Å². The van der Waals surface area contributed by atoms with Gasteiger partial charge in [0.05, 0.1) is 0 Å². The minimum atomic E-state index is -0.690. The molecule has 1 atom stereocenters. The van der Waals surface area contributed by atoms with Crippen LogP contribution in [-0.2, 0) is 6.67 Å². The number of aliphatic hydroxyl groups is 1. The van der Waals surface area contributed by atoms with E-state index in [4.69, 9.17) is 15.9 Å². The lowest BCUT2D eigenvalue weighted by Crippen LogP contribution is -2.40. The SMILES string of the molecule is C=CCOc1cc(CF)cc(C(Nc2ccc(C(=N)N)cc2)C2=N/C(=C\O)N(c3ncccn3)N2)c1. The molecule has 1 aliphatic rings. The molecule has 6 N–H and O–H groups in total. The second kappa shape index (κ2) is 11.0. The Kier molecular flexibility index (Phi) is 7.39. The Hall–Kier alpha value is -4.93. The molecule has 2 aromatic carbocycles. The Morgan fingerprint density at radius 1 is 1.25 bits per heavy atom. The second-order valence-electron chi connectivity index (χ2n) is 7.69. The van der Waals surface area contributed by atoms with E-state index >= 15 is 0 Å². The number of halogens is 1. The molecule has 0 radical (unpaired) electrons. The molecular formula is C25H25FN8O2. The number of rotatable bonds is 10. The van der Waals surface area contributed by atoms with Gasteiger partial charge in [-0.15, -0.1) is 0 Å². The molecule has 1 aliphatic heterocycles. The molecule has 3 aromatic rings. The van der Waals surface area contributed by atoms with Gasteiger partial charge in [0.1, 0.15) is 37.2 Å². The summed E-state index contributed by atoms with van der Waals surface area (Å²) in [5.41, 5.74) is 11.0. The molecule has 4 rings (SSSR count). The molecule has 0 fully saturated rings. The first-order chi connectivity index (χ1) is 17.5. The first-order valence-electron chi connectivity index (χ1n) is 10.9. The Morgan fingerprint density at radius 3 is 2.64 bits per heavy atom. The zero-order valence-corrected chi connectivity index (χ0v) is 19.2. The van der Waals surface area contributed by atoms with E-state index in [2.05, 4.69) is 32.3 Å². The average Bonchev–Trinajstić information content (AvgIpc) is 3.35. The van der Waals surface area contributed by atoms with Crippen LogP contribution in [0.4, 0.5) is 16.0 Å². The number of aromatic nitrogens is 2. The summed E-state index contributed by atoms with van der Waals surface area (Å²) < 4.78 is 19.4. The van der Waals surface area contributed by atoms with Crippen molar-refractivity contribution in [3.8, 4) is 5.75 Å². The third kappa shape index (κ3) is 5.41. The molecule has 184 valence electrons. The number of aliphatic imine (C=N–C) groups is 1. The number of aliphatic hydroxyl groups excluding tert-OH is 1. The van der Waals surface area contributed by atoms with Gasteiger partial charge in [-0.2, -0.15) is 5.01 Å². The van der Waals surface area contributed by atoms with Crippen LogP contribution in [0.5, 0.6) is 5.75 Å². The molecule has 10 nitrogen and oxygen atoms in total. The molecular weight excluding hydrogens is 463 g/mol. The lowest BCUT2D eigenvalue weighted by molar-refractivity contribution is 0.361. The highest BCUT2D eigenvalue weighted by Crippen LogP contribution is 2.30. The van der Waals surface area contributed by atoms with E-state index < -0.39 is 12.7 Å². The number of anilines is 2. The molecule has 2 heterocycles. The number of nitrogens with two attached hydrogens (primary N) is 1. The number of nitrogens with zero attached hydrogens (tertiary/aromatic N) is 4. The fourth-order valence-electron chi connectivity index (χ4n) is 3.54. The number of hydrazine groups is 1. The third-order valence-corrected chi connectivity index (χ3v) is 5.18. The Labute approximate surface area is 207 Å². The molecule has 11 heteroatoms. The van der Waals surface area contributed by atoms with Crippen LogP contribution in [0.15, 0.2) is 90.7 Å². The quantitative estimate of drug-likeness (QED) is 0.126. The van der Waals surface area contributed by atoms with Crippen molar-refractivity contribution in [3.05, 3.63) is 102 Å². The standard InChI is InChI=1S/C25H25FN8O2/c1-2-10-36-20-12-16(14-26)11-18(13-20)22(31-19-6-4-17(5-7-19)23(27)28)24-32-21(15-35)34(33-24)25-29-8-3-9-30-25/h2-9,11-13,15,22,31,35H,1,10,14H2,(H3,27,28)(H,32,33)/b21-15+. The monoisotopic (exact) mass is 488 g/mol. The summed E-state index contributed by atoms with van der Waals surface area (Å²) in [6.45, 7) is 3.23. The van der Waals surface area contributed by atoms with Crippen LogP contribution in [0.1, 0.15) is 22.7 Å². The first-order valence-corrected chi connectivity index (χ1v) is 10.9. The van der Waals surface area contributed by atoms with Gasteiger partial charge >= 0.3 is 0 Å². The maximum absolute atomic E-state index is 13.8. The van der Waals surface area contributed by atoms with Crippen molar-refractivity contribution in [3.63, 3.8) is 0 Å². The van der Waals surface area contributed by atoms with Gasteiger partial charge in [0, 0.05) is 23.6 Å². The lowest BCUT2D eigenvalue weighted by atomic mass is 10.0. The predicted octanol–water partition coefficient (Wildman–Crippen LogP) is 3.73. The van der Waals surface area contributed by atoms with E-state index in [0.717, 1.165) is 6.26 Å². The van der Waals surface area contributed by atoms with Gasteiger partial charge in [-0.05, 0) is 53.6 Å². The number of nitrogens with one attached hydrogen (secondary N) is 3. The molecule has 1 aromatic heterocycles. The summed E-state index contributed by atoms with van der Waals surface area (Å²) >= 11 is 0. The van der Waals surface area contributed by atoms with Crippen LogP contribution < -0.4 is 26.2 Å². The smallest absolute Gasteiger partial charge is 0.250 e. The summed E-state index contributed by atoms with van der Waals surface area (Å²) in [6, 6.07) is 13.1.